The van der Waals surface area contributed by atoms with Crippen LogP contribution in [0.4, 0.5) is 4.79 Å². The highest BCUT2D eigenvalue weighted by molar-refractivity contribution is 5.79. The molecule has 3 aliphatic heterocycles. The highest BCUT2D eigenvalue weighted by Crippen LogP contribution is 2.33. The summed E-state index contributed by atoms with van der Waals surface area (Å²) in [6.07, 6.45) is 5.28. The fourth-order valence-corrected chi connectivity index (χ4v) is 4.43. The van der Waals surface area contributed by atoms with Gasteiger partial charge in [0.05, 0.1) is 0 Å². The molecule has 3 fully saturated rings. The topological polar surface area (TPSA) is 64.7 Å². The smallest absolute Gasteiger partial charge is 0.317 e. The zero-order valence-electron chi connectivity index (χ0n) is 14.2. The Bertz CT molecular complexity index is 428. The monoisotopic (exact) mass is 322 g/mol. The van der Waals surface area contributed by atoms with Crippen molar-refractivity contribution in [3.05, 3.63) is 0 Å². The Morgan fingerprint density at radius 3 is 2.17 bits per heavy atom. The van der Waals surface area contributed by atoms with Gasteiger partial charge in [0.15, 0.2) is 0 Å². The van der Waals surface area contributed by atoms with Crippen molar-refractivity contribution in [3.8, 4) is 0 Å². The van der Waals surface area contributed by atoms with Gasteiger partial charge in [-0.25, -0.2) is 4.79 Å². The highest BCUT2D eigenvalue weighted by Gasteiger charge is 2.36. The first-order valence-electron chi connectivity index (χ1n) is 9.15. The second-order valence-electron chi connectivity index (χ2n) is 7.24. The Morgan fingerprint density at radius 2 is 1.52 bits per heavy atom. The lowest BCUT2D eigenvalue weighted by molar-refractivity contribution is -0.135. The van der Waals surface area contributed by atoms with Gasteiger partial charge >= 0.3 is 6.03 Å². The molecule has 0 aromatic heterocycles. The number of rotatable bonds is 2. The quantitative estimate of drug-likeness (QED) is 0.793. The largest absolute Gasteiger partial charge is 0.342 e. The van der Waals surface area contributed by atoms with Crippen LogP contribution in [0.2, 0.25) is 0 Å². The molecular formula is C17H30N4O2. The van der Waals surface area contributed by atoms with Crippen LogP contribution in [0.25, 0.3) is 0 Å². The van der Waals surface area contributed by atoms with Gasteiger partial charge in [-0.1, -0.05) is 0 Å². The first kappa shape index (κ1) is 16.6. The maximum atomic E-state index is 12.6. The van der Waals surface area contributed by atoms with Crippen molar-refractivity contribution >= 4 is 11.9 Å². The summed E-state index contributed by atoms with van der Waals surface area (Å²) in [4.78, 5) is 28.3. The average Bonchev–Trinajstić information content (AvgIpc) is 3.11. The molecule has 3 saturated heterocycles. The number of hydrogen-bond donors (Lipinski definition) is 2. The van der Waals surface area contributed by atoms with E-state index in [9.17, 15) is 9.59 Å². The van der Waals surface area contributed by atoms with Gasteiger partial charge in [-0.2, -0.15) is 0 Å². The first-order valence-corrected chi connectivity index (χ1v) is 9.15. The normalized spacial score (nSPS) is 27.3. The van der Waals surface area contributed by atoms with E-state index in [0.29, 0.717) is 17.7 Å². The van der Waals surface area contributed by atoms with Crippen molar-refractivity contribution < 1.29 is 9.59 Å². The van der Waals surface area contributed by atoms with Crippen molar-refractivity contribution in [2.45, 2.75) is 32.1 Å². The van der Waals surface area contributed by atoms with E-state index < -0.39 is 0 Å². The van der Waals surface area contributed by atoms with Crippen molar-refractivity contribution in [1.82, 2.24) is 20.4 Å². The average molecular weight is 322 g/mol. The molecule has 3 aliphatic rings. The lowest BCUT2D eigenvalue weighted by Crippen LogP contribution is -2.44. The number of nitrogens with zero attached hydrogens (tertiary/aromatic N) is 2. The second-order valence-corrected chi connectivity index (χ2v) is 7.24. The fourth-order valence-electron chi connectivity index (χ4n) is 4.43. The third-order valence-electron chi connectivity index (χ3n) is 5.93. The van der Waals surface area contributed by atoms with Gasteiger partial charge in [-0.3, -0.25) is 4.79 Å². The predicted molar refractivity (Wildman–Crippen MR) is 89.0 cm³/mol. The van der Waals surface area contributed by atoms with Gasteiger partial charge in [-0.15, -0.1) is 0 Å². The number of likely N-dealkylation sites (tertiary alicyclic amines) is 2. The van der Waals surface area contributed by atoms with E-state index >= 15 is 0 Å². The predicted octanol–water partition coefficient (Wildman–Crippen LogP) is 0.886. The van der Waals surface area contributed by atoms with E-state index in [4.69, 9.17) is 0 Å². The Hall–Kier alpha value is -1.30. The van der Waals surface area contributed by atoms with E-state index in [1.807, 2.05) is 4.90 Å². The molecule has 2 N–H and O–H groups in total. The molecule has 0 saturated carbocycles. The molecule has 6 heteroatoms. The molecule has 0 aliphatic carbocycles. The zero-order valence-corrected chi connectivity index (χ0v) is 14.2. The number of hydrogen-bond acceptors (Lipinski definition) is 3. The highest BCUT2D eigenvalue weighted by atomic mass is 16.2. The SMILES string of the molecule is CNC(=O)N1CCC(C2CCN(C(=O)C3CCNCC3)C2)CC1. The Kier molecular flexibility index (Phi) is 5.41. The molecule has 0 bridgehead atoms. The van der Waals surface area contributed by atoms with Crippen molar-refractivity contribution in [3.63, 3.8) is 0 Å². The molecule has 1 atom stereocenters. The van der Waals surface area contributed by atoms with Crippen LogP contribution in [0.3, 0.4) is 0 Å². The minimum Gasteiger partial charge on any atom is -0.342 e. The molecule has 23 heavy (non-hydrogen) atoms. The molecule has 1 unspecified atom stereocenters. The summed E-state index contributed by atoms with van der Waals surface area (Å²) in [5.41, 5.74) is 0. The summed E-state index contributed by atoms with van der Waals surface area (Å²) in [7, 11) is 1.69. The standard InChI is InChI=1S/C17H30N4O2/c1-18-17(23)20-9-4-13(5-10-20)15-6-11-21(12-15)16(22)14-2-7-19-8-3-14/h13-15,19H,2-12H2,1H3,(H,18,23). The van der Waals surface area contributed by atoms with Crippen LogP contribution < -0.4 is 10.6 Å². The summed E-state index contributed by atoms with van der Waals surface area (Å²) >= 11 is 0. The van der Waals surface area contributed by atoms with Crippen molar-refractivity contribution in [2.75, 3.05) is 46.3 Å². The van der Waals surface area contributed by atoms with E-state index in [0.717, 1.165) is 71.4 Å². The zero-order chi connectivity index (χ0) is 16.2. The number of piperidine rings is 2. The van der Waals surface area contributed by atoms with Crippen molar-refractivity contribution in [2.24, 2.45) is 17.8 Å². The third kappa shape index (κ3) is 3.79. The summed E-state index contributed by atoms with van der Waals surface area (Å²) in [6, 6.07) is 0.0394. The lowest BCUT2D eigenvalue weighted by Gasteiger charge is -2.34. The van der Waals surface area contributed by atoms with E-state index in [1.54, 1.807) is 7.05 Å². The third-order valence-corrected chi connectivity index (χ3v) is 5.93. The van der Waals surface area contributed by atoms with Crippen LogP contribution in [0, 0.1) is 17.8 Å². The van der Waals surface area contributed by atoms with Gasteiger partial charge in [0.25, 0.3) is 0 Å². The van der Waals surface area contributed by atoms with Gasteiger partial charge in [0, 0.05) is 39.1 Å². The minimum absolute atomic E-state index is 0.0394. The van der Waals surface area contributed by atoms with Crippen LogP contribution in [-0.2, 0) is 4.79 Å². The number of amides is 3. The molecule has 0 aromatic rings. The molecule has 0 radical (unpaired) electrons. The van der Waals surface area contributed by atoms with Gasteiger partial charge < -0.3 is 20.4 Å². The van der Waals surface area contributed by atoms with Crippen LogP contribution in [0.15, 0.2) is 0 Å². The fraction of sp³-hybridized carbons (Fsp3) is 0.882. The van der Waals surface area contributed by atoms with E-state index in [2.05, 4.69) is 15.5 Å². The van der Waals surface area contributed by atoms with Gasteiger partial charge in [0.2, 0.25) is 5.91 Å². The van der Waals surface area contributed by atoms with Crippen LogP contribution in [0.5, 0.6) is 0 Å². The van der Waals surface area contributed by atoms with Crippen LogP contribution >= 0.6 is 0 Å². The summed E-state index contributed by atoms with van der Waals surface area (Å²) < 4.78 is 0. The lowest BCUT2D eigenvalue weighted by atomic mass is 9.84. The maximum absolute atomic E-state index is 12.6. The summed E-state index contributed by atoms with van der Waals surface area (Å²) in [5.74, 6) is 1.93. The van der Waals surface area contributed by atoms with E-state index in [1.165, 1.54) is 0 Å². The Morgan fingerprint density at radius 1 is 0.913 bits per heavy atom. The molecule has 3 heterocycles. The van der Waals surface area contributed by atoms with Crippen LogP contribution in [-0.4, -0.2) is 68.1 Å². The molecule has 0 aromatic carbocycles. The van der Waals surface area contributed by atoms with Crippen molar-refractivity contribution in [1.29, 1.82) is 0 Å². The number of urea groups is 1. The Labute approximate surface area is 139 Å². The molecule has 6 nitrogen and oxygen atoms in total. The molecule has 130 valence electrons. The first-order chi connectivity index (χ1) is 11.2. The summed E-state index contributed by atoms with van der Waals surface area (Å²) in [6.45, 7) is 5.53. The molecular weight excluding hydrogens is 292 g/mol. The number of carbonyl (C=O) groups excluding carboxylic acids is 2. The maximum Gasteiger partial charge on any atom is 0.317 e. The van der Waals surface area contributed by atoms with E-state index in [-0.39, 0.29) is 11.9 Å². The molecule has 3 amide bonds. The number of nitrogens with one attached hydrogen (secondary N) is 2. The minimum atomic E-state index is 0.0394. The van der Waals surface area contributed by atoms with Gasteiger partial charge in [-0.05, 0) is 57.0 Å². The second kappa shape index (κ2) is 7.51. The number of carbonyl (C=O) groups is 2. The molecule has 0 spiro atoms. The van der Waals surface area contributed by atoms with Gasteiger partial charge in [0.1, 0.15) is 0 Å². The summed E-state index contributed by atoms with van der Waals surface area (Å²) in [5, 5.41) is 6.04. The molecule has 3 rings (SSSR count). The Balaban J connectivity index is 1.46. The van der Waals surface area contributed by atoms with Crippen LogP contribution in [0.1, 0.15) is 32.1 Å².